The van der Waals surface area contributed by atoms with E-state index in [1.54, 1.807) is 0 Å². The van der Waals surface area contributed by atoms with Crippen LogP contribution in [0.2, 0.25) is 0 Å². The molecule has 2 fully saturated rings. The van der Waals surface area contributed by atoms with Crippen LogP contribution in [0.5, 0.6) is 5.75 Å². The quantitative estimate of drug-likeness (QED) is 0.916. The van der Waals surface area contributed by atoms with Crippen molar-refractivity contribution in [3.63, 3.8) is 0 Å². The van der Waals surface area contributed by atoms with Crippen LogP contribution in [-0.4, -0.2) is 45.5 Å². The number of hydrogen-bond acceptors (Lipinski definition) is 4. The maximum Gasteiger partial charge on any atom is 0.122 e. The van der Waals surface area contributed by atoms with Crippen LogP contribution < -0.4 is 15.0 Å². The Balaban J connectivity index is 1.58. The summed E-state index contributed by atoms with van der Waals surface area (Å²) in [6.45, 7) is 6.00. The molecule has 20 heavy (non-hydrogen) atoms. The third-order valence-electron chi connectivity index (χ3n) is 3.96. The van der Waals surface area contributed by atoms with Gasteiger partial charge in [0.05, 0.1) is 6.61 Å². The highest BCUT2D eigenvalue weighted by Crippen LogP contribution is 2.22. The van der Waals surface area contributed by atoms with Crippen molar-refractivity contribution in [1.82, 2.24) is 5.32 Å². The average molecular weight is 276 g/mol. The smallest absolute Gasteiger partial charge is 0.122 e. The summed E-state index contributed by atoms with van der Waals surface area (Å²) in [4.78, 5) is 2.44. The Morgan fingerprint density at radius 1 is 1.10 bits per heavy atom. The molecule has 0 bridgehead atoms. The van der Waals surface area contributed by atoms with E-state index in [1.165, 1.54) is 12.1 Å². The molecular weight excluding hydrogens is 252 g/mol. The first-order valence-electron chi connectivity index (χ1n) is 7.72. The molecule has 1 aromatic carbocycles. The molecule has 2 aliphatic rings. The van der Waals surface area contributed by atoms with Crippen molar-refractivity contribution in [2.75, 3.05) is 44.3 Å². The Labute approximate surface area is 121 Å². The van der Waals surface area contributed by atoms with Gasteiger partial charge in [0.2, 0.25) is 0 Å². The van der Waals surface area contributed by atoms with Crippen LogP contribution in [0.4, 0.5) is 5.69 Å². The van der Waals surface area contributed by atoms with E-state index >= 15 is 0 Å². The average Bonchev–Trinajstić information content (AvgIpc) is 2.78. The van der Waals surface area contributed by atoms with Crippen molar-refractivity contribution in [3.05, 3.63) is 24.3 Å². The fourth-order valence-corrected chi connectivity index (χ4v) is 2.84. The molecule has 0 aromatic heterocycles. The van der Waals surface area contributed by atoms with Gasteiger partial charge < -0.3 is 19.7 Å². The number of nitrogens with one attached hydrogen (secondary N) is 1. The van der Waals surface area contributed by atoms with Crippen molar-refractivity contribution in [3.8, 4) is 5.75 Å². The lowest BCUT2D eigenvalue weighted by atomic mass is 10.2. The van der Waals surface area contributed by atoms with Gasteiger partial charge in [0.1, 0.15) is 11.9 Å². The Kier molecular flexibility index (Phi) is 4.77. The minimum absolute atomic E-state index is 0.219. The minimum atomic E-state index is 0.219. The first kappa shape index (κ1) is 13.7. The lowest BCUT2D eigenvalue weighted by Gasteiger charge is -2.25. The number of anilines is 1. The fourth-order valence-electron chi connectivity index (χ4n) is 2.84. The highest BCUT2D eigenvalue weighted by molar-refractivity contribution is 5.49. The van der Waals surface area contributed by atoms with Crippen LogP contribution in [0.25, 0.3) is 0 Å². The third-order valence-corrected chi connectivity index (χ3v) is 3.96. The van der Waals surface area contributed by atoms with Crippen molar-refractivity contribution in [1.29, 1.82) is 0 Å². The first-order valence-corrected chi connectivity index (χ1v) is 7.72. The molecule has 1 unspecified atom stereocenters. The van der Waals surface area contributed by atoms with E-state index in [4.69, 9.17) is 9.47 Å². The number of benzene rings is 1. The van der Waals surface area contributed by atoms with E-state index in [0.717, 1.165) is 58.0 Å². The zero-order valence-electron chi connectivity index (χ0n) is 12.0. The predicted octanol–water partition coefficient (Wildman–Crippen LogP) is 2.04. The van der Waals surface area contributed by atoms with E-state index in [0.29, 0.717) is 0 Å². The molecule has 0 radical (unpaired) electrons. The van der Waals surface area contributed by atoms with E-state index < -0.39 is 0 Å². The van der Waals surface area contributed by atoms with Gasteiger partial charge in [-0.2, -0.15) is 0 Å². The van der Waals surface area contributed by atoms with Crippen LogP contribution in [0.1, 0.15) is 19.3 Å². The van der Waals surface area contributed by atoms with E-state index in [2.05, 4.69) is 34.5 Å². The number of hydrogen-bond donors (Lipinski definition) is 1. The molecule has 0 saturated carbocycles. The zero-order chi connectivity index (χ0) is 13.6. The largest absolute Gasteiger partial charge is 0.488 e. The summed E-state index contributed by atoms with van der Waals surface area (Å²) in [7, 11) is 0. The summed E-state index contributed by atoms with van der Waals surface area (Å²) in [5, 5.41) is 3.43. The number of ether oxygens (including phenoxy) is 2. The summed E-state index contributed by atoms with van der Waals surface area (Å²) in [6.07, 6.45) is 3.62. The lowest BCUT2D eigenvalue weighted by molar-refractivity contribution is 0.00743. The molecule has 4 heteroatoms. The Morgan fingerprint density at radius 2 is 2.00 bits per heavy atom. The summed E-state index contributed by atoms with van der Waals surface area (Å²) >= 11 is 0. The minimum Gasteiger partial charge on any atom is -0.488 e. The topological polar surface area (TPSA) is 33.7 Å². The highest BCUT2D eigenvalue weighted by atomic mass is 16.5. The third kappa shape index (κ3) is 3.64. The molecule has 2 aliphatic heterocycles. The Hall–Kier alpha value is -1.26. The maximum atomic E-state index is 5.97. The summed E-state index contributed by atoms with van der Waals surface area (Å²) in [5.41, 5.74) is 1.29. The second-order valence-electron chi connectivity index (χ2n) is 5.54. The van der Waals surface area contributed by atoms with Gasteiger partial charge in [0.25, 0.3) is 0 Å². The second kappa shape index (κ2) is 6.95. The van der Waals surface area contributed by atoms with Crippen LogP contribution in [0.15, 0.2) is 24.3 Å². The van der Waals surface area contributed by atoms with E-state index in [9.17, 15) is 0 Å². The molecule has 4 nitrogen and oxygen atoms in total. The molecule has 110 valence electrons. The molecule has 0 amide bonds. The SMILES string of the molecule is c1cc(N2CCCNCC2)ccc1OC1CCCOC1. The maximum absolute atomic E-state index is 5.97. The van der Waals surface area contributed by atoms with Crippen molar-refractivity contribution in [2.45, 2.75) is 25.4 Å². The zero-order valence-corrected chi connectivity index (χ0v) is 12.0. The van der Waals surface area contributed by atoms with Crippen LogP contribution in [0.3, 0.4) is 0 Å². The van der Waals surface area contributed by atoms with Gasteiger partial charge in [0.15, 0.2) is 0 Å². The first-order chi connectivity index (χ1) is 9.92. The number of nitrogens with zero attached hydrogens (tertiary/aromatic N) is 1. The lowest BCUT2D eigenvalue weighted by Crippen LogP contribution is -2.28. The van der Waals surface area contributed by atoms with Crippen molar-refractivity contribution >= 4 is 5.69 Å². The van der Waals surface area contributed by atoms with E-state index in [-0.39, 0.29) is 6.10 Å². The van der Waals surface area contributed by atoms with Crippen LogP contribution >= 0.6 is 0 Å². The molecule has 0 aliphatic carbocycles. The van der Waals surface area contributed by atoms with Gasteiger partial charge in [-0.05, 0) is 50.1 Å². The summed E-state index contributed by atoms with van der Waals surface area (Å²) in [6, 6.07) is 8.51. The van der Waals surface area contributed by atoms with Crippen LogP contribution in [-0.2, 0) is 4.74 Å². The van der Waals surface area contributed by atoms with Crippen LogP contribution in [0, 0.1) is 0 Å². The highest BCUT2D eigenvalue weighted by Gasteiger charge is 2.15. The Bertz CT molecular complexity index is 393. The van der Waals surface area contributed by atoms with Gasteiger partial charge in [-0.25, -0.2) is 0 Å². The van der Waals surface area contributed by atoms with E-state index in [1.807, 2.05) is 0 Å². The molecular formula is C16H24N2O2. The monoisotopic (exact) mass is 276 g/mol. The van der Waals surface area contributed by atoms with Gasteiger partial charge in [-0.3, -0.25) is 0 Å². The summed E-state index contributed by atoms with van der Waals surface area (Å²) < 4.78 is 11.4. The predicted molar refractivity (Wildman–Crippen MR) is 80.6 cm³/mol. The Morgan fingerprint density at radius 3 is 2.80 bits per heavy atom. The van der Waals surface area contributed by atoms with Gasteiger partial charge in [-0.15, -0.1) is 0 Å². The summed E-state index contributed by atoms with van der Waals surface area (Å²) in [5.74, 6) is 0.956. The van der Waals surface area contributed by atoms with Crippen molar-refractivity contribution < 1.29 is 9.47 Å². The molecule has 1 aromatic rings. The van der Waals surface area contributed by atoms with Crippen molar-refractivity contribution in [2.24, 2.45) is 0 Å². The number of rotatable bonds is 3. The molecule has 3 rings (SSSR count). The molecule has 1 atom stereocenters. The molecule has 0 spiro atoms. The van der Waals surface area contributed by atoms with Gasteiger partial charge >= 0.3 is 0 Å². The standard InChI is InChI=1S/C16H24N2O2/c1-3-16(13-19-12-1)20-15-6-4-14(5-7-15)18-10-2-8-17-9-11-18/h4-7,16-17H,1-3,8-13H2. The second-order valence-corrected chi connectivity index (χ2v) is 5.54. The molecule has 2 heterocycles. The fraction of sp³-hybridized carbons (Fsp3) is 0.625. The van der Waals surface area contributed by atoms with Gasteiger partial charge in [0, 0.05) is 31.9 Å². The normalized spacial score (nSPS) is 24.2. The van der Waals surface area contributed by atoms with Gasteiger partial charge in [-0.1, -0.05) is 0 Å². The molecule has 1 N–H and O–H groups in total. The molecule has 2 saturated heterocycles.